The zero-order valence-electron chi connectivity index (χ0n) is 17.6. The molecule has 2 aliphatic heterocycles. The number of rotatable bonds is 9. The van der Waals surface area contributed by atoms with Gasteiger partial charge in [0.05, 0.1) is 17.7 Å². The van der Waals surface area contributed by atoms with Crippen LogP contribution in [0.5, 0.6) is 0 Å². The third-order valence-electron chi connectivity index (χ3n) is 5.42. The van der Waals surface area contributed by atoms with Crippen LogP contribution in [0.2, 0.25) is 0 Å². The summed E-state index contributed by atoms with van der Waals surface area (Å²) in [4.78, 5) is 54.4. The van der Waals surface area contributed by atoms with Gasteiger partial charge in [0.25, 0.3) is 11.8 Å². The molecule has 0 aromatic heterocycles. The van der Waals surface area contributed by atoms with Crippen LogP contribution in [-0.4, -0.2) is 97.9 Å². The fourth-order valence-corrected chi connectivity index (χ4v) is 4.05. The molecule has 0 bridgehead atoms. The third-order valence-corrected chi connectivity index (χ3v) is 5.91. The SMILES string of the molecule is COCCCNC(=O)CN1CCN(C(=O)CCN2C(=O)c3ccc(Br)cc3C2=O)CC1. The predicted molar refractivity (Wildman–Crippen MR) is 117 cm³/mol. The first-order valence-electron chi connectivity index (χ1n) is 10.3. The molecule has 0 saturated carbocycles. The Kier molecular flexibility index (Phi) is 8.16. The van der Waals surface area contributed by atoms with Crippen LogP contribution < -0.4 is 5.32 Å². The van der Waals surface area contributed by atoms with Crippen LogP contribution in [0.25, 0.3) is 0 Å². The lowest BCUT2D eigenvalue weighted by Gasteiger charge is -2.34. The first kappa shape index (κ1) is 23.4. The number of carbonyl (C=O) groups is 4. The number of imide groups is 1. The van der Waals surface area contributed by atoms with E-state index in [0.29, 0.717) is 57.0 Å². The molecule has 10 heteroatoms. The van der Waals surface area contributed by atoms with Crippen LogP contribution in [0.4, 0.5) is 0 Å². The number of nitrogens with zero attached hydrogens (tertiary/aromatic N) is 3. The minimum atomic E-state index is -0.365. The van der Waals surface area contributed by atoms with Crippen LogP contribution >= 0.6 is 15.9 Å². The zero-order valence-corrected chi connectivity index (χ0v) is 19.1. The quantitative estimate of drug-likeness (QED) is 0.401. The number of halogens is 1. The standard InChI is InChI=1S/C21H27BrN4O5/c1-31-12-2-6-23-18(27)14-24-8-10-25(11-9-24)19(28)5-7-26-20(29)16-4-3-15(22)13-17(16)21(26)30/h3-4,13H,2,5-12,14H2,1H3,(H,23,27). The van der Waals surface area contributed by atoms with Gasteiger partial charge in [-0.15, -0.1) is 0 Å². The molecule has 0 spiro atoms. The van der Waals surface area contributed by atoms with Gasteiger partial charge in [0.1, 0.15) is 0 Å². The number of amides is 4. The van der Waals surface area contributed by atoms with Gasteiger partial charge in [-0.25, -0.2) is 0 Å². The van der Waals surface area contributed by atoms with Crippen molar-refractivity contribution in [3.8, 4) is 0 Å². The second kappa shape index (κ2) is 10.8. The predicted octanol–water partition coefficient (Wildman–Crippen LogP) is 0.732. The highest BCUT2D eigenvalue weighted by molar-refractivity contribution is 9.10. The topological polar surface area (TPSA) is 99.3 Å². The van der Waals surface area contributed by atoms with Crippen LogP contribution in [0.15, 0.2) is 22.7 Å². The third kappa shape index (κ3) is 5.90. The second-order valence-corrected chi connectivity index (χ2v) is 8.47. The highest BCUT2D eigenvalue weighted by atomic mass is 79.9. The number of methoxy groups -OCH3 is 1. The molecule has 1 aromatic rings. The van der Waals surface area contributed by atoms with Crippen molar-refractivity contribution in [2.75, 3.05) is 59.5 Å². The molecule has 1 aromatic carbocycles. The number of carbonyl (C=O) groups excluding carboxylic acids is 4. The van der Waals surface area contributed by atoms with Crippen molar-refractivity contribution in [1.82, 2.24) is 20.0 Å². The van der Waals surface area contributed by atoms with Gasteiger partial charge in [-0.3, -0.25) is 29.0 Å². The summed E-state index contributed by atoms with van der Waals surface area (Å²) in [6.45, 7) is 3.82. The van der Waals surface area contributed by atoms with E-state index in [2.05, 4.69) is 21.2 Å². The smallest absolute Gasteiger partial charge is 0.261 e. The molecule has 2 aliphatic rings. The molecule has 0 unspecified atom stereocenters. The number of piperazine rings is 1. The fraction of sp³-hybridized carbons (Fsp3) is 0.524. The van der Waals surface area contributed by atoms with E-state index in [4.69, 9.17) is 4.74 Å². The summed E-state index contributed by atoms with van der Waals surface area (Å²) in [5.41, 5.74) is 0.732. The lowest BCUT2D eigenvalue weighted by Crippen LogP contribution is -2.51. The van der Waals surface area contributed by atoms with Crippen molar-refractivity contribution in [1.29, 1.82) is 0 Å². The van der Waals surface area contributed by atoms with Gasteiger partial charge < -0.3 is 15.0 Å². The Hall–Kier alpha value is -2.30. The van der Waals surface area contributed by atoms with E-state index >= 15 is 0 Å². The monoisotopic (exact) mass is 494 g/mol. The van der Waals surface area contributed by atoms with Crippen molar-refractivity contribution in [3.63, 3.8) is 0 Å². The largest absolute Gasteiger partial charge is 0.385 e. The number of nitrogens with one attached hydrogen (secondary N) is 1. The maximum absolute atomic E-state index is 12.6. The maximum atomic E-state index is 12.6. The lowest BCUT2D eigenvalue weighted by atomic mass is 10.1. The number of fused-ring (bicyclic) bond motifs is 1. The van der Waals surface area contributed by atoms with Gasteiger partial charge in [0, 0.05) is 63.9 Å². The molecule has 0 aliphatic carbocycles. The Balaban J connectivity index is 1.40. The van der Waals surface area contributed by atoms with E-state index in [1.807, 2.05) is 4.90 Å². The first-order valence-corrected chi connectivity index (χ1v) is 11.1. The maximum Gasteiger partial charge on any atom is 0.261 e. The van der Waals surface area contributed by atoms with Crippen LogP contribution in [0.3, 0.4) is 0 Å². The Labute approximate surface area is 189 Å². The van der Waals surface area contributed by atoms with Gasteiger partial charge >= 0.3 is 0 Å². The summed E-state index contributed by atoms with van der Waals surface area (Å²) < 4.78 is 5.68. The molecule has 0 atom stereocenters. The molecule has 168 valence electrons. The zero-order chi connectivity index (χ0) is 22.4. The lowest BCUT2D eigenvalue weighted by molar-refractivity contribution is -0.133. The average molecular weight is 495 g/mol. The molecule has 0 radical (unpaired) electrons. The molecule has 2 heterocycles. The van der Waals surface area contributed by atoms with Gasteiger partial charge in [-0.05, 0) is 24.6 Å². The Morgan fingerprint density at radius 3 is 2.52 bits per heavy atom. The van der Waals surface area contributed by atoms with Crippen molar-refractivity contribution < 1.29 is 23.9 Å². The highest BCUT2D eigenvalue weighted by Gasteiger charge is 2.36. The van der Waals surface area contributed by atoms with Crippen LogP contribution in [0, 0.1) is 0 Å². The average Bonchev–Trinajstić information content (AvgIpc) is 2.99. The van der Waals surface area contributed by atoms with Gasteiger partial charge in [-0.1, -0.05) is 15.9 Å². The summed E-state index contributed by atoms with van der Waals surface area (Å²) in [5, 5.41) is 2.86. The number of hydrogen-bond acceptors (Lipinski definition) is 6. The van der Waals surface area contributed by atoms with E-state index in [1.165, 1.54) is 0 Å². The minimum absolute atomic E-state index is 0.0341. The molecule has 1 fully saturated rings. The van der Waals surface area contributed by atoms with Crippen molar-refractivity contribution in [2.24, 2.45) is 0 Å². The molecule has 31 heavy (non-hydrogen) atoms. The number of hydrogen-bond donors (Lipinski definition) is 1. The Bertz CT molecular complexity index is 854. The van der Waals surface area contributed by atoms with Gasteiger partial charge in [-0.2, -0.15) is 0 Å². The molecular formula is C21H27BrN4O5. The van der Waals surface area contributed by atoms with Gasteiger partial charge in [0.15, 0.2) is 0 Å². The molecule has 9 nitrogen and oxygen atoms in total. The first-order chi connectivity index (χ1) is 14.9. The van der Waals surface area contributed by atoms with Crippen LogP contribution in [-0.2, 0) is 14.3 Å². The second-order valence-electron chi connectivity index (χ2n) is 7.56. The van der Waals surface area contributed by atoms with E-state index in [-0.39, 0.29) is 36.6 Å². The van der Waals surface area contributed by atoms with E-state index in [0.717, 1.165) is 15.8 Å². The minimum Gasteiger partial charge on any atom is -0.385 e. The van der Waals surface area contributed by atoms with Crippen molar-refractivity contribution in [3.05, 3.63) is 33.8 Å². The van der Waals surface area contributed by atoms with Gasteiger partial charge in [0.2, 0.25) is 11.8 Å². The van der Waals surface area contributed by atoms with E-state index in [1.54, 1.807) is 30.2 Å². The highest BCUT2D eigenvalue weighted by Crippen LogP contribution is 2.26. The summed E-state index contributed by atoms with van der Waals surface area (Å²) >= 11 is 3.31. The molecule has 4 amide bonds. The summed E-state index contributed by atoms with van der Waals surface area (Å²) in [6, 6.07) is 4.97. The van der Waals surface area contributed by atoms with Crippen LogP contribution in [0.1, 0.15) is 33.6 Å². The Morgan fingerprint density at radius 1 is 1.10 bits per heavy atom. The van der Waals surface area contributed by atoms with E-state index in [9.17, 15) is 19.2 Å². The van der Waals surface area contributed by atoms with Crippen molar-refractivity contribution in [2.45, 2.75) is 12.8 Å². The van der Waals surface area contributed by atoms with E-state index < -0.39 is 0 Å². The molecule has 3 rings (SSSR count). The fourth-order valence-electron chi connectivity index (χ4n) is 3.69. The Morgan fingerprint density at radius 2 is 1.81 bits per heavy atom. The molecule has 1 saturated heterocycles. The summed E-state index contributed by atoms with van der Waals surface area (Å²) in [7, 11) is 1.63. The summed E-state index contributed by atoms with van der Waals surface area (Å²) in [6.07, 6.45) is 0.863. The van der Waals surface area contributed by atoms with Crippen molar-refractivity contribution >= 4 is 39.6 Å². The number of ether oxygens (including phenoxy) is 1. The summed E-state index contributed by atoms with van der Waals surface area (Å²) in [5.74, 6) is -0.855. The molecular weight excluding hydrogens is 468 g/mol. The normalized spacial score (nSPS) is 16.6. The molecule has 1 N–H and O–H groups in total. The number of benzene rings is 1.